The minimum absolute atomic E-state index is 0.162. The first-order valence-electron chi connectivity index (χ1n) is 13.6. The zero-order valence-corrected chi connectivity index (χ0v) is 20.8. The van der Waals surface area contributed by atoms with Gasteiger partial charge in [-0.25, -0.2) is 0 Å². The van der Waals surface area contributed by atoms with Crippen LogP contribution in [0.2, 0.25) is 0 Å². The maximum absolute atomic E-state index is 11.8. The summed E-state index contributed by atoms with van der Waals surface area (Å²) in [4.78, 5) is 11.8. The zero-order chi connectivity index (χ0) is 23.1. The molecular formula is C27H49N3O2. The summed E-state index contributed by atoms with van der Waals surface area (Å²) < 4.78 is 0. The lowest BCUT2D eigenvalue weighted by Crippen LogP contribution is -2.59. The highest BCUT2D eigenvalue weighted by Crippen LogP contribution is 2.68. The molecule has 0 aliphatic heterocycles. The molecule has 5 nitrogen and oxygen atoms in total. The molecule has 0 heterocycles. The third-order valence-corrected chi connectivity index (χ3v) is 11.1. The van der Waals surface area contributed by atoms with Crippen LogP contribution in [-0.4, -0.2) is 42.7 Å². The average molecular weight is 448 g/mol. The van der Waals surface area contributed by atoms with Crippen LogP contribution in [-0.2, 0) is 4.79 Å². The van der Waals surface area contributed by atoms with Crippen molar-refractivity contribution < 1.29 is 9.90 Å². The number of carbonyl (C=O) groups is 1. The van der Waals surface area contributed by atoms with Crippen molar-refractivity contribution >= 4 is 5.78 Å². The van der Waals surface area contributed by atoms with Crippen LogP contribution in [0.1, 0.15) is 85.0 Å². The first-order chi connectivity index (χ1) is 15.2. The Morgan fingerprint density at radius 2 is 1.75 bits per heavy atom. The second kappa shape index (κ2) is 9.64. The molecule has 0 saturated heterocycles. The van der Waals surface area contributed by atoms with Crippen molar-refractivity contribution in [1.29, 1.82) is 0 Å². The topological polar surface area (TPSA) is 101 Å². The molecule has 0 spiro atoms. The molecule has 184 valence electrons. The highest BCUT2D eigenvalue weighted by molar-refractivity contribution is 5.80. The van der Waals surface area contributed by atoms with Gasteiger partial charge in [0.05, 0.1) is 12.6 Å². The number of nitrogens with two attached hydrogens (primary N) is 2. The van der Waals surface area contributed by atoms with E-state index in [-0.39, 0.29) is 23.8 Å². The van der Waals surface area contributed by atoms with Crippen molar-refractivity contribution in [3.8, 4) is 0 Å². The van der Waals surface area contributed by atoms with Crippen molar-refractivity contribution in [3.05, 3.63) is 0 Å². The fourth-order valence-electron chi connectivity index (χ4n) is 9.44. The number of aliphatic hydroxyl groups is 1. The summed E-state index contributed by atoms with van der Waals surface area (Å²) in [5, 5.41) is 15.0. The summed E-state index contributed by atoms with van der Waals surface area (Å²) in [6.45, 7) is 9.20. The van der Waals surface area contributed by atoms with E-state index in [4.69, 9.17) is 11.5 Å². The quantitative estimate of drug-likeness (QED) is 0.456. The van der Waals surface area contributed by atoms with Crippen LogP contribution in [0.25, 0.3) is 0 Å². The molecule has 0 aromatic carbocycles. The van der Waals surface area contributed by atoms with Crippen LogP contribution in [0.15, 0.2) is 0 Å². The number of ketones is 1. The Morgan fingerprint density at radius 3 is 2.47 bits per heavy atom. The molecule has 4 aliphatic carbocycles. The normalized spacial score (nSPS) is 46.8. The molecule has 32 heavy (non-hydrogen) atoms. The molecule has 5 heteroatoms. The van der Waals surface area contributed by atoms with Crippen molar-refractivity contribution in [2.75, 3.05) is 19.6 Å². The predicted molar refractivity (Wildman–Crippen MR) is 130 cm³/mol. The third-order valence-electron chi connectivity index (χ3n) is 11.1. The summed E-state index contributed by atoms with van der Waals surface area (Å²) in [6, 6.07) is 0.518. The minimum Gasteiger partial charge on any atom is -0.393 e. The van der Waals surface area contributed by atoms with Crippen LogP contribution >= 0.6 is 0 Å². The van der Waals surface area contributed by atoms with Crippen molar-refractivity contribution in [2.24, 2.45) is 57.8 Å². The molecule has 0 amide bonds. The molecule has 4 rings (SSSR count). The van der Waals surface area contributed by atoms with Gasteiger partial charge in [0.25, 0.3) is 0 Å². The SMILES string of the molecule is C[C@H](CCC(=O)CN)C1CCC2C3C[C@@H](O)C4CC(NCCN)CC[C@]4(C)C3CC[C@@]21C. The molecule has 4 saturated carbocycles. The van der Waals surface area contributed by atoms with Crippen molar-refractivity contribution in [3.63, 3.8) is 0 Å². The largest absolute Gasteiger partial charge is 0.393 e. The lowest BCUT2D eigenvalue weighted by molar-refractivity contribution is -0.162. The van der Waals surface area contributed by atoms with Gasteiger partial charge >= 0.3 is 0 Å². The first-order valence-corrected chi connectivity index (χ1v) is 13.6. The van der Waals surface area contributed by atoms with Gasteiger partial charge in [-0.15, -0.1) is 0 Å². The number of fused-ring (bicyclic) bond motifs is 5. The second-order valence-corrected chi connectivity index (χ2v) is 12.5. The number of aliphatic hydroxyl groups excluding tert-OH is 1. The number of nitrogens with one attached hydrogen (secondary N) is 1. The van der Waals surface area contributed by atoms with Crippen LogP contribution < -0.4 is 16.8 Å². The molecule has 6 unspecified atom stereocenters. The van der Waals surface area contributed by atoms with Gasteiger partial charge in [-0.05, 0) is 104 Å². The molecular weight excluding hydrogens is 398 g/mol. The number of rotatable bonds is 8. The maximum Gasteiger partial charge on any atom is 0.146 e. The van der Waals surface area contributed by atoms with E-state index in [9.17, 15) is 9.90 Å². The van der Waals surface area contributed by atoms with Gasteiger partial charge in [0.1, 0.15) is 5.78 Å². The van der Waals surface area contributed by atoms with E-state index in [0.29, 0.717) is 48.1 Å². The fraction of sp³-hybridized carbons (Fsp3) is 0.963. The van der Waals surface area contributed by atoms with E-state index < -0.39 is 0 Å². The number of carbonyl (C=O) groups excluding carboxylic acids is 1. The van der Waals surface area contributed by atoms with Crippen LogP contribution in [0.5, 0.6) is 0 Å². The Labute approximate surface area is 195 Å². The van der Waals surface area contributed by atoms with Crippen LogP contribution in [0.3, 0.4) is 0 Å². The lowest BCUT2D eigenvalue weighted by Gasteiger charge is -2.62. The van der Waals surface area contributed by atoms with Crippen molar-refractivity contribution in [1.82, 2.24) is 5.32 Å². The maximum atomic E-state index is 11.8. The number of Topliss-reactive ketones (excluding diaryl/α,β-unsaturated/α-hetero) is 1. The van der Waals surface area contributed by atoms with Gasteiger partial charge in [-0.3, -0.25) is 4.79 Å². The van der Waals surface area contributed by atoms with E-state index in [1.807, 2.05) is 0 Å². The predicted octanol–water partition coefficient (Wildman–Crippen LogP) is 3.48. The Hall–Kier alpha value is -0.490. The van der Waals surface area contributed by atoms with E-state index in [2.05, 4.69) is 26.1 Å². The third kappa shape index (κ3) is 4.21. The Balaban J connectivity index is 1.47. The molecule has 4 aliphatic rings. The Bertz CT molecular complexity index is 671. The fourth-order valence-corrected chi connectivity index (χ4v) is 9.44. The molecule has 10 atom stereocenters. The molecule has 4 fully saturated rings. The lowest BCUT2D eigenvalue weighted by atomic mass is 9.43. The van der Waals surface area contributed by atoms with Gasteiger partial charge in [0.15, 0.2) is 0 Å². The average Bonchev–Trinajstić information content (AvgIpc) is 3.13. The number of hydrogen-bond donors (Lipinski definition) is 4. The minimum atomic E-state index is -0.162. The molecule has 0 aromatic heterocycles. The molecule has 0 bridgehead atoms. The Kier molecular flexibility index (Phi) is 7.42. The van der Waals surface area contributed by atoms with Gasteiger partial charge in [-0.1, -0.05) is 20.8 Å². The van der Waals surface area contributed by atoms with E-state index in [0.717, 1.165) is 37.6 Å². The summed E-state index contributed by atoms with van der Waals surface area (Å²) in [5.41, 5.74) is 11.9. The van der Waals surface area contributed by atoms with E-state index in [1.54, 1.807) is 0 Å². The summed E-state index contributed by atoms with van der Waals surface area (Å²) in [7, 11) is 0. The smallest absolute Gasteiger partial charge is 0.146 e. The first kappa shape index (κ1) is 24.6. The molecule has 0 radical (unpaired) electrons. The summed E-state index contributed by atoms with van der Waals surface area (Å²) >= 11 is 0. The van der Waals surface area contributed by atoms with Gasteiger partial charge in [0.2, 0.25) is 0 Å². The Morgan fingerprint density at radius 1 is 1.03 bits per heavy atom. The highest BCUT2D eigenvalue weighted by atomic mass is 16.3. The monoisotopic (exact) mass is 447 g/mol. The summed E-state index contributed by atoms with van der Waals surface area (Å²) in [6.07, 6.45) is 11.3. The molecule has 6 N–H and O–H groups in total. The molecule has 0 aromatic rings. The van der Waals surface area contributed by atoms with Crippen LogP contribution in [0.4, 0.5) is 0 Å². The van der Waals surface area contributed by atoms with Crippen LogP contribution in [0, 0.1) is 46.3 Å². The van der Waals surface area contributed by atoms with Crippen molar-refractivity contribution in [2.45, 2.75) is 97.1 Å². The van der Waals surface area contributed by atoms with Gasteiger partial charge in [0, 0.05) is 25.6 Å². The van der Waals surface area contributed by atoms with Gasteiger partial charge in [-0.2, -0.15) is 0 Å². The standard InChI is InChI=1S/C27H49N3O2/c1-17(4-5-19(31)16-29)21-6-7-22-20-15-25(32)24-14-18(30-13-12-28)8-10-27(24,3)23(20)9-11-26(21,22)2/h17-18,20-25,30,32H,4-16,28-29H2,1-3H3/t17-,18?,20?,21?,22?,23?,24?,25-,26-,27-/m1/s1. The second-order valence-electron chi connectivity index (χ2n) is 12.5. The van der Waals surface area contributed by atoms with Gasteiger partial charge < -0.3 is 21.9 Å². The number of hydrogen-bond acceptors (Lipinski definition) is 5. The summed E-state index contributed by atoms with van der Waals surface area (Å²) in [5.74, 6) is 4.08. The zero-order valence-electron chi connectivity index (χ0n) is 20.8. The van der Waals surface area contributed by atoms with E-state index >= 15 is 0 Å². The van der Waals surface area contributed by atoms with E-state index in [1.165, 1.54) is 38.5 Å². The highest BCUT2D eigenvalue weighted by Gasteiger charge is 2.62.